The smallest absolute Gasteiger partial charge is 0.336 e. The molecule has 1 atom stereocenters. The summed E-state index contributed by atoms with van der Waals surface area (Å²) in [6.07, 6.45) is -0.806. The Morgan fingerprint density at radius 1 is 1.33 bits per heavy atom. The second kappa shape index (κ2) is 3.84. The Labute approximate surface area is 85.9 Å². The second-order valence-corrected chi connectivity index (χ2v) is 3.27. The zero-order valence-electron chi connectivity index (χ0n) is 8.01. The van der Waals surface area contributed by atoms with Crippen molar-refractivity contribution in [2.75, 3.05) is 6.54 Å². The van der Waals surface area contributed by atoms with E-state index in [1.165, 1.54) is 6.07 Å². The van der Waals surface area contributed by atoms with Gasteiger partial charge in [0.15, 0.2) is 0 Å². The van der Waals surface area contributed by atoms with Gasteiger partial charge in [0.05, 0.1) is 6.10 Å². The molecule has 0 amide bonds. The fraction of sp³-hybridized carbons (Fsp3) is 0.182. The van der Waals surface area contributed by atoms with Gasteiger partial charge >= 0.3 is 5.63 Å². The average molecular weight is 205 g/mol. The third-order valence-corrected chi connectivity index (χ3v) is 2.26. The number of fused-ring (bicyclic) bond motifs is 1. The molecule has 1 aromatic carbocycles. The third kappa shape index (κ3) is 1.77. The molecule has 0 radical (unpaired) electrons. The molecule has 0 aliphatic carbocycles. The molecule has 0 saturated carbocycles. The summed E-state index contributed by atoms with van der Waals surface area (Å²) in [6.45, 7) is 0.0950. The van der Waals surface area contributed by atoms with E-state index in [1.54, 1.807) is 18.2 Å². The highest BCUT2D eigenvalue weighted by atomic mass is 16.4. The molecule has 1 unspecified atom stereocenters. The molecule has 0 bridgehead atoms. The van der Waals surface area contributed by atoms with Crippen molar-refractivity contribution >= 4 is 11.0 Å². The topological polar surface area (TPSA) is 76.5 Å². The minimum absolute atomic E-state index is 0.0950. The zero-order valence-corrected chi connectivity index (χ0v) is 8.01. The normalized spacial score (nSPS) is 12.9. The van der Waals surface area contributed by atoms with Crippen LogP contribution in [0.5, 0.6) is 0 Å². The Balaban J connectivity index is 2.73. The average Bonchev–Trinajstić information content (AvgIpc) is 2.27. The van der Waals surface area contributed by atoms with Crippen molar-refractivity contribution in [2.24, 2.45) is 5.73 Å². The van der Waals surface area contributed by atoms with E-state index in [-0.39, 0.29) is 6.54 Å². The van der Waals surface area contributed by atoms with Crippen LogP contribution >= 0.6 is 0 Å². The van der Waals surface area contributed by atoms with E-state index in [9.17, 15) is 9.90 Å². The molecule has 0 spiro atoms. The minimum Gasteiger partial charge on any atom is -0.422 e. The van der Waals surface area contributed by atoms with E-state index in [1.807, 2.05) is 6.07 Å². The molecule has 0 aliphatic heterocycles. The van der Waals surface area contributed by atoms with Crippen molar-refractivity contribution in [2.45, 2.75) is 6.10 Å². The van der Waals surface area contributed by atoms with Crippen LogP contribution in [0.3, 0.4) is 0 Å². The SMILES string of the molecule is NCC(O)c1cccc2ccc(=O)oc12. The Kier molecular flexibility index (Phi) is 2.53. The Hall–Kier alpha value is -1.65. The standard InChI is InChI=1S/C11H11NO3/c12-6-9(13)8-3-1-2-7-4-5-10(14)15-11(7)8/h1-5,9,13H,6,12H2. The summed E-state index contributed by atoms with van der Waals surface area (Å²) in [5.74, 6) is 0. The van der Waals surface area contributed by atoms with Crippen LogP contribution in [0.25, 0.3) is 11.0 Å². The van der Waals surface area contributed by atoms with Crippen LogP contribution in [-0.2, 0) is 0 Å². The fourth-order valence-corrected chi connectivity index (χ4v) is 1.50. The third-order valence-electron chi connectivity index (χ3n) is 2.26. The van der Waals surface area contributed by atoms with Crippen molar-refractivity contribution in [3.05, 3.63) is 46.3 Å². The summed E-state index contributed by atoms with van der Waals surface area (Å²) in [5, 5.41) is 10.4. The van der Waals surface area contributed by atoms with Gasteiger partial charge in [-0.25, -0.2) is 4.79 Å². The number of aliphatic hydroxyl groups excluding tert-OH is 1. The van der Waals surface area contributed by atoms with Gasteiger partial charge in [-0.1, -0.05) is 18.2 Å². The molecule has 3 N–H and O–H groups in total. The first-order valence-electron chi connectivity index (χ1n) is 4.63. The molecule has 4 nitrogen and oxygen atoms in total. The first-order chi connectivity index (χ1) is 7.22. The van der Waals surface area contributed by atoms with Gasteiger partial charge in [-0.2, -0.15) is 0 Å². The van der Waals surface area contributed by atoms with Crippen molar-refractivity contribution in [1.82, 2.24) is 0 Å². The summed E-state index contributed by atoms with van der Waals surface area (Å²) >= 11 is 0. The van der Waals surface area contributed by atoms with E-state index in [4.69, 9.17) is 10.2 Å². The van der Waals surface area contributed by atoms with Gasteiger partial charge in [0.2, 0.25) is 0 Å². The Morgan fingerprint density at radius 2 is 2.13 bits per heavy atom. The molecule has 0 aliphatic rings. The first-order valence-corrected chi connectivity index (χ1v) is 4.63. The lowest BCUT2D eigenvalue weighted by Crippen LogP contribution is -2.12. The van der Waals surface area contributed by atoms with E-state index in [0.717, 1.165) is 5.39 Å². The van der Waals surface area contributed by atoms with E-state index in [0.29, 0.717) is 11.1 Å². The summed E-state index contributed by atoms with van der Waals surface area (Å²) < 4.78 is 5.04. The maximum Gasteiger partial charge on any atom is 0.336 e. The largest absolute Gasteiger partial charge is 0.422 e. The summed E-state index contributed by atoms with van der Waals surface area (Å²) in [5.41, 5.74) is 5.89. The Bertz CT molecular complexity index is 533. The molecule has 4 heteroatoms. The molecular formula is C11H11NO3. The summed E-state index contributed by atoms with van der Waals surface area (Å²) in [6, 6.07) is 8.30. The number of nitrogens with two attached hydrogens (primary N) is 1. The van der Waals surface area contributed by atoms with Crippen LogP contribution in [0, 0.1) is 0 Å². The number of hydrogen-bond donors (Lipinski definition) is 2. The van der Waals surface area contributed by atoms with Crippen LogP contribution in [-0.4, -0.2) is 11.7 Å². The van der Waals surface area contributed by atoms with Crippen LogP contribution in [0.4, 0.5) is 0 Å². The maximum atomic E-state index is 11.1. The predicted molar refractivity (Wildman–Crippen MR) is 56.5 cm³/mol. The van der Waals surface area contributed by atoms with Crippen LogP contribution in [0.2, 0.25) is 0 Å². The van der Waals surface area contributed by atoms with E-state index < -0.39 is 11.7 Å². The zero-order chi connectivity index (χ0) is 10.8. The molecule has 78 valence electrons. The molecule has 15 heavy (non-hydrogen) atoms. The van der Waals surface area contributed by atoms with Crippen LogP contribution in [0.15, 0.2) is 39.5 Å². The summed E-state index contributed by atoms with van der Waals surface area (Å²) in [7, 11) is 0. The van der Waals surface area contributed by atoms with Crippen molar-refractivity contribution < 1.29 is 9.52 Å². The van der Waals surface area contributed by atoms with Crippen molar-refractivity contribution in [1.29, 1.82) is 0 Å². The second-order valence-electron chi connectivity index (χ2n) is 3.27. The molecule has 0 saturated heterocycles. The maximum absolute atomic E-state index is 11.1. The van der Waals surface area contributed by atoms with Gasteiger partial charge in [0.25, 0.3) is 0 Å². The van der Waals surface area contributed by atoms with Gasteiger partial charge in [-0.05, 0) is 6.07 Å². The van der Waals surface area contributed by atoms with Gasteiger partial charge in [0.1, 0.15) is 5.58 Å². The Morgan fingerprint density at radius 3 is 2.87 bits per heavy atom. The lowest BCUT2D eigenvalue weighted by Gasteiger charge is -2.09. The van der Waals surface area contributed by atoms with E-state index in [2.05, 4.69) is 0 Å². The molecule has 1 aromatic heterocycles. The number of rotatable bonds is 2. The number of aliphatic hydroxyl groups is 1. The highest BCUT2D eigenvalue weighted by Crippen LogP contribution is 2.22. The van der Waals surface area contributed by atoms with Crippen molar-refractivity contribution in [3.8, 4) is 0 Å². The summed E-state index contributed by atoms with van der Waals surface area (Å²) in [4.78, 5) is 11.1. The molecule has 1 heterocycles. The van der Waals surface area contributed by atoms with Gasteiger partial charge in [0, 0.05) is 23.6 Å². The van der Waals surface area contributed by atoms with Gasteiger partial charge < -0.3 is 15.3 Å². The number of benzene rings is 1. The first kappa shape index (κ1) is 9.89. The molecule has 2 rings (SSSR count). The van der Waals surface area contributed by atoms with Crippen LogP contribution in [0.1, 0.15) is 11.7 Å². The molecule has 0 fully saturated rings. The quantitative estimate of drug-likeness (QED) is 0.710. The van der Waals surface area contributed by atoms with Gasteiger partial charge in [-0.15, -0.1) is 0 Å². The monoisotopic (exact) mass is 205 g/mol. The van der Waals surface area contributed by atoms with E-state index >= 15 is 0 Å². The van der Waals surface area contributed by atoms with Crippen molar-refractivity contribution in [3.63, 3.8) is 0 Å². The number of para-hydroxylation sites is 1. The molecular weight excluding hydrogens is 194 g/mol. The lowest BCUT2D eigenvalue weighted by molar-refractivity contribution is 0.187. The van der Waals surface area contributed by atoms with Gasteiger partial charge in [-0.3, -0.25) is 0 Å². The molecule has 2 aromatic rings. The number of hydrogen-bond acceptors (Lipinski definition) is 4. The highest BCUT2D eigenvalue weighted by molar-refractivity contribution is 5.79. The fourth-order valence-electron chi connectivity index (χ4n) is 1.50. The van der Waals surface area contributed by atoms with Crippen LogP contribution < -0.4 is 11.4 Å². The highest BCUT2D eigenvalue weighted by Gasteiger charge is 2.11. The lowest BCUT2D eigenvalue weighted by atomic mass is 10.1. The predicted octanol–water partition coefficient (Wildman–Crippen LogP) is 0.785. The minimum atomic E-state index is -0.806.